The first-order valence-corrected chi connectivity index (χ1v) is 10.8. The van der Waals surface area contributed by atoms with Gasteiger partial charge in [-0.2, -0.15) is 0 Å². The lowest BCUT2D eigenvalue weighted by Crippen LogP contribution is -2.38. The van der Waals surface area contributed by atoms with Gasteiger partial charge in [-0.15, -0.1) is 11.3 Å². The average Bonchev–Trinajstić information content (AvgIpc) is 2.96. The van der Waals surface area contributed by atoms with E-state index < -0.39 is 0 Å². The van der Waals surface area contributed by atoms with Crippen molar-refractivity contribution >= 4 is 54.1 Å². The van der Waals surface area contributed by atoms with Gasteiger partial charge in [0.15, 0.2) is 0 Å². The monoisotopic (exact) mass is 484 g/mol. The molecule has 1 aromatic heterocycles. The predicted molar refractivity (Wildman–Crippen MR) is 107 cm³/mol. The molecule has 1 amide bonds. The van der Waals surface area contributed by atoms with E-state index in [0.29, 0.717) is 8.95 Å². The number of anilines is 1. The maximum absolute atomic E-state index is 12.8. The van der Waals surface area contributed by atoms with Gasteiger partial charge >= 0.3 is 0 Å². The first kappa shape index (κ1) is 17.4. The highest BCUT2D eigenvalue weighted by atomic mass is 79.9. The van der Waals surface area contributed by atoms with E-state index in [1.807, 2.05) is 12.1 Å². The molecule has 0 fully saturated rings. The van der Waals surface area contributed by atoms with E-state index in [1.54, 1.807) is 11.3 Å². The van der Waals surface area contributed by atoms with Gasteiger partial charge in [-0.1, -0.05) is 13.3 Å². The van der Waals surface area contributed by atoms with Crippen molar-refractivity contribution in [3.8, 4) is 5.75 Å². The second kappa shape index (κ2) is 6.59. The topological polar surface area (TPSA) is 61.4 Å². The summed E-state index contributed by atoms with van der Waals surface area (Å²) in [7, 11) is 0. The Morgan fingerprint density at radius 2 is 2.00 bits per heavy atom. The summed E-state index contributed by atoms with van der Waals surface area (Å²) in [6.07, 6.45) is 4.13. The van der Waals surface area contributed by atoms with Crippen molar-refractivity contribution in [2.75, 3.05) is 5.32 Å². The molecule has 0 spiro atoms. The van der Waals surface area contributed by atoms with Gasteiger partial charge < -0.3 is 15.7 Å². The molecule has 4 nitrogen and oxygen atoms in total. The standard InChI is InChI=1S/C18H18Br2N2O2S/c1-2-8-3-4-10-13(5-8)25-18-14(10)17(24)21-16(22-18)9-6-11(19)15(23)12(20)7-9/h6-8,16,22-23H,2-5H2,1H3,(H,21,24)/t8-,16+/m0/s1. The number of hydrogen-bond acceptors (Lipinski definition) is 4. The molecule has 1 aromatic carbocycles. The van der Waals surface area contributed by atoms with E-state index in [4.69, 9.17) is 0 Å². The fourth-order valence-electron chi connectivity index (χ4n) is 3.63. The lowest BCUT2D eigenvalue weighted by atomic mass is 9.85. The van der Waals surface area contributed by atoms with Crippen LogP contribution in [0.2, 0.25) is 0 Å². The van der Waals surface area contributed by atoms with Crippen LogP contribution in [0.15, 0.2) is 21.1 Å². The summed E-state index contributed by atoms with van der Waals surface area (Å²) in [6, 6.07) is 3.65. The van der Waals surface area contributed by atoms with Crippen LogP contribution in [0, 0.1) is 5.92 Å². The summed E-state index contributed by atoms with van der Waals surface area (Å²) in [5, 5.41) is 17.4. The number of rotatable bonds is 2. The summed E-state index contributed by atoms with van der Waals surface area (Å²) in [4.78, 5) is 14.1. The Labute approximate surface area is 167 Å². The number of thiophene rings is 1. The van der Waals surface area contributed by atoms with Crippen LogP contribution in [0.1, 0.15) is 52.3 Å². The van der Waals surface area contributed by atoms with Crippen molar-refractivity contribution < 1.29 is 9.90 Å². The average molecular weight is 486 g/mol. The first-order chi connectivity index (χ1) is 12.0. The van der Waals surface area contributed by atoms with Gasteiger partial charge in [0, 0.05) is 4.88 Å². The van der Waals surface area contributed by atoms with E-state index in [2.05, 4.69) is 49.4 Å². The SMILES string of the molecule is CC[C@H]1CCc2c(sc3c2C(=O)N[C@@H](c2cc(Br)c(O)c(Br)c2)N3)C1. The summed E-state index contributed by atoms with van der Waals surface area (Å²) in [5.41, 5.74) is 2.96. The number of phenolic OH excluding ortho intramolecular Hbond substituents is 1. The van der Waals surface area contributed by atoms with Crippen LogP contribution in [0.4, 0.5) is 5.00 Å². The van der Waals surface area contributed by atoms with E-state index >= 15 is 0 Å². The molecule has 0 bridgehead atoms. The fraction of sp³-hybridized carbons (Fsp3) is 0.389. The minimum atomic E-state index is -0.310. The van der Waals surface area contributed by atoms with Crippen molar-refractivity contribution in [3.63, 3.8) is 0 Å². The summed E-state index contributed by atoms with van der Waals surface area (Å²) >= 11 is 8.43. The minimum absolute atomic E-state index is 0.00785. The second-order valence-electron chi connectivity index (χ2n) is 6.61. The summed E-state index contributed by atoms with van der Waals surface area (Å²) in [5.74, 6) is 0.880. The summed E-state index contributed by atoms with van der Waals surface area (Å²) < 4.78 is 1.19. The number of fused-ring (bicyclic) bond motifs is 3. The maximum atomic E-state index is 12.8. The Hall–Kier alpha value is -1.05. The number of carbonyl (C=O) groups excluding carboxylic acids is 1. The quantitative estimate of drug-likeness (QED) is 0.537. The fourth-order valence-corrected chi connectivity index (χ4v) is 6.24. The highest BCUT2D eigenvalue weighted by Gasteiger charge is 2.33. The van der Waals surface area contributed by atoms with Gasteiger partial charge in [0.05, 0.1) is 14.5 Å². The number of halogens is 2. The molecule has 2 aliphatic rings. The molecule has 0 unspecified atom stereocenters. The maximum Gasteiger partial charge on any atom is 0.256 e. The smallest absolute Gasteiger partial charge is 0.256 e. The molecular formula is C18H18Br2N2O2S. The zero-order valence-electron chi connectivity index (χ0n) is 13.7. The molecule has 2 heterocycles. The summed E-state index contributed by atoms with van der Waals surface area (Å²) in [6.45, 7) is 2.24. The van der Waals surface area contributed by atoms with Gasteiger partial charge in [0.25, 0.3) is 5.91 Å². The number of aromatic hydroxyl groups is 1. The second-order valence-corrected chi connectivity index (χ2v) is 9.42. The Kier molecular flexibility index (Phi) is 4.58. The third kappa shape index (κ3) is 3.00. The third-order valence-electron chi connectivity index (χ3n) is 5.10. The molecule has 7 heteroatoms. The van der Waals surface area contributed by atoms with Crippen LogP contribution in [0.25, 0.3) is 0 Å². The number of amides is 1. The Morgan fingerprint density at radius 1 is 1.28 bits per heavy atom. The molecular weight excluding hydrogens is 468 g/mol. The van der Waals surface area contributed by atoms with Crippen LogP contribution < -0.4 is 10.6 Å². The van der Waals surface area contributed by atoms with Crippen molar-refractivity contribution in [1.29, 1.82) is 0 Å². The molecule has 0 saturated heterocycles. The van der Waals surface area contributed by atoms with Crippen LogP contribution in [-0.4, -0.2) is 11.0 Å². The van der Waals surface area contributed by atoms with Gasteiger partial charge in [-0.3, -0.25) is 4.79 Å². The molecule has 1 aliphatic carbocycles. The van der Waals surface area contributed by atoms with Crippen molar-refractivity contribution in [3.05, 3.63) is 42.6 Å². The minimum Gasteiger partial charge on any atom is -0.506 e. The predicted octanol–water partition coefficient (Wildman–Crippen LogP) is 5.35. The van der Waals surface area contributed by atoms with E-state index in [-0.39, 0.29) is 17.8 Å². The van der Waals surface area contributed by atoms with E-state index in [1.165, 1.54) is 23.3 Å². The number of carbonyl (C=O) groups is 1. The Bertz CT molecular complexity index is 842. The molecule has 3 N–H and O–H groups in total. The lowest BCUT2D eigenvalue weighted by Gasteiger charge is -2.27. The molecule has 132 valence electrons. The lowest BCUT2D eigenvalue weighted by molar-refractivity contribution is 0.0935. The zero-order valence-corrected chi connectivity index (χ0v) is 17.6. The molecule has 0 saturated carbocycles. The van der Waals surface area contributed by atoms with Crippen LogP contribution in [-0.2, 0) is 12.8 Å². The van der Waals surface area contributed by atoms with Crippen LogP contribution in [0.3, 0.4) is 0 Å². The van der Waals surface area contributed by atoms with Crippen molar-refractivity contribution in [2.24, 2.45) is 5.92 Å². The molecule has 2 aromatic rings. The molecule has 4 rings (SSSR count). The van der Waals surface area contributed by atoms with Crippen LogP contribution >= 0.6 is 43.2 Å². The largest absolute Gasteiger partial charge is 0.506 e. The molecule has 1 aliphatic heterocycles. The molecule has 2 atom stereocenters. The number of nitrogens with one attached hydrogen (secondary N) is 2. The molecule has 0 radical (unpaired) electrons. The van der Waals surface area contributed by atoms with Crippen molar-refractivity contribution in [1.82, 2.24) is 5.32 Å². The normalized spacial score (nSPS) is 22.0. The van der Waals surface area contributed by atoms with Gasteiger partial charge in [0.1, 0.15) is 16.9 Å². The van der Waals surface area contributed by atoms with Gasteiger partial charge in [0.2, 0.25) is 0 Å². The Balaban J connectivity index is 1.68. The van der Waals surface area contributed by atoms with Crippen molar-refractivity contribution in [2.45, 2.75) is 38.8 Å². The first-order valence-electron chi connectivity index (χ1n) is 8.37. The number of benzene rings is 1. The van der Waals surface area contributed by atoms with Gasteiger partial charge in [-0.25, -0.2) is 0 Å². The van der Waals surface area contributed by atoms with Crippen LogP contribution in [0.5, 0.6) is 5.75 Å². The Morgan fingerprint density at radius 3 is 2.68 bits per heavy atom. The number of phenols is 1. The third-order valence-corrected chi connectivity index (χ3v) is 7.49. The van der Waals surface area contributed by atoms with Gasteiger partial charge in [-0.05, 0) is 80.3 Å². The highest BCUT2D eigenvalue weighted by Crippen LogP contribution is 2.44. The van der Waals surface area contributed by atoms with E-state index in [9.17, 15) is 9.90 Å². The van der Waals surface area contributed by atoms with E-state index in [0.717, 1.165) is 34.9 Å². The zero-order chi connectivity index (χ0) is 17.7. The molecule has 25 heavy (non-hydrogen) atoms. The highest BCUT2D eigenvalue weighted by molar-refractivity contribution is 9.11. The number of hydrogen-bond donors (Lipinski definition) is 3.